The molecule has 1 amide bonds. The van der Waals surface area contributed by atoms with Crippen LogP contribution in [0.3, 0.4) is 0 Å². The van der Waals surface area contributed by atoms with Crippen LogP contribution in [0.4, 0.5) is 0 Å². The van der Waals surface area contributed by atoms with E-state index in [1.54, 1.807) is 17.0 Å². The van der Waals surface area contributed by atoms with E-state index in [2.05, 4.69) is 10.3 Å². The molecule has 0 bridgehead atoms. The summed E-state index contributed by atoms with van der Waals surface area (Å²) >= 11 is 0. The summed E-state index contributed by atoms with van der Waals surface area (Å²) in [6, 6.07) is 0. The van der Waals surface area contributed by atoms with Gasteiger partial charge >= 0.3 is 0 Å². The van der Waals surface area contributed by atoms with Crippen molar-refractivity contribution >= 4 is 5.91 Å². The van der Waals surface area contributed by atoms with Crippen LogP contribution in [0, 0.1) is 0 Å². The summed E-state index contributed by atoms with van der Waals surface area (Å²) < 4.78 is 1.79. The van der Waals surface area contributed by atoms with Crippen molar-refractivity contribution in [1.82, 2.24) is 14.9 Å². The van der Waals surface area contributed by atoms with Gasteiger partial charge in [-0.1, -0.05) is 0 Å². The first kappa shape index (κ1) is 9.73. The van der Waals surface area contributed by atoms with Gasteiger partial charge in [0.05, 0.1) is 13.0 Å². The molecule has 2 N–H and O–H groups in total. The maximum absolute atomic E-state index is 11.1. The number of carbonyl (C=O) groups is 1. The normalized spacial score (nSPS) is 10.0. The van der Waals surface area contributed by atoms with Crippen LogP contribution in [0.15, 0.2) is 12.4 Å². The van der Waals surface area contributed by atoms with Crippen LogP contribution in [0.1, 0.15) is 5.82 Å². The summed E-state index contributed by atoms with van der Waals surface area (Å²) in [6.07, 6.45) is 3.69. The highest BCUT2D eigenvalue weighted by atomic mass is 16.3. The summed E-state index contributed by atoms with van der Waals surface area (Å²) in [4.78, 5) is 15.1. The van der Waals surface area contributed by atoms with Crippen LogP contribution >= 0.6 is 0 Å². The predicted octanol–water partition coefficient (Wildman–Crippen LogP) is -0.929. The van der Waals surface area contributed by atoms with Gasteiger partial charge in [0.1, 0.15) is 5.82 Å². The topological polar surface area (TPSA) is 67.2 Å². The van der Waals surface area contributed by atoms with E-state index < -0.39 is 0 Å². The van der Waals surface area contributed by atoms with Crippen LogP contribution in [-0.4, -0.2) is 33.7 Å². The van der Waals surface area contributed by atoms with E-state index in [0.29, 0.717) is 6.54 Å². The zero-order valence-electron chi connectivity index (χ0n) is 7.53. The molecule has 1 heterocycles. The van der Waals surface area contributed by atoms with Crippen molar-refractivity contribution in [1.29, 1.82) is 0 Å². The van der Waals surface area contributed by atoms with Gasteiger partial charge in [-0.2, -0.15) is 0 Å². The Bertz CT molecular complexity index is 283. The molecule has 72 valence electrons. The highest BCUT2D eigenvalue weighted by Gasteiger charge is 2.05. The lowest BCUT2D eigenvalue weighted by Gasteiger charge is -2.02. The maximum atomic E-state index is 11.1. The molecule has 0 fully saturated rings. The smallest absolute Gasteiger partial charge is 0.227 e. The molecule has 0 saturated heterocycles. The number of nitrogens with one attached hydrogen (secondary N) is 1. The fourth-order valence-electron chi connectivity index (χ4n) is 0.968. The van der Waals surface area contributed by atoms with E-state index in [4.69, 9.17) is 5.11 Å². The molecule has 0 atom stereocenters. The molecule has 5 nitrogen and oxygen atoms in total. The van der Waals surface area contributed by atoms with Crippen molar-refractivity contribution in [3.63, 3.8) is 0 Å². The number of imidazole rings is 1. The Morgan fingerprint density at radius 1 is 1.77 bits per heavy atom. The molecular formula is C8H13N3O2. The first-order valence-corrected chi connectivity index (χ1v) is 4.08. The van der Waals surface area contributed by atoms with Crippen LogP contribution in [0.25, 0.3) is 0 Å². The summed E-state index contributed by atoms with van der Waals surface area (Å²) in [7, 11) is 1.83. The minimum Gasteiger partial charge on any atom is -0.395 e. The van der Waals surface area contributed by atoms with E-state index in [9.17, 15) is 4.79 Å². The number of rotatable bonds is 4. The Hall–Kier alpha value is -1.36. The van der Waals surface area contributed by atoms with Crippen molar-refractivity contribution < 1.29 is 9.90 Å². The highest BCUT2D eigenvalue weighted by molar-refractivity contribution is 5.77. The van der Waals surface area contributed by atoms with E-state index >= 15 is 0 Å². The number of hydrogen-bond donors (Lipinski definition) is 2. The standard InChI is InChI=1S/C8H13N3O2/c1-11-4-2-9-7(11)6-8(13)10-3-5-12/h2,4,12H,3,5-6H2,1H3,(H,10,13). The summed E-state index contributed by atoms with van der Waals surface area (Å²) in [5.41, 5.74) is 0. The third-order valence-corrected chi connectivity index (χ3v) is 1.67. The van der Waals surface area contributed by atoms with Gasteiger partial charge in [0.25, 0.3) is 0 Å². The van der Waals surface area contributed by atoms with E-state index in [-0.39, 0.29) is 18.9 Å². The van der Waals surface area contributed by atoms with Gasteiger partial charge in [0.2, 0.25) is 5.91 Å². The van der Waals surface area contributed by atoms with Gasteiger partial charge in [-0.15, -0.1) is 0 Å². The first-order chi connectivity index (χ1) is 6.24. The maximum Gasteiger partial charge on any atom is 0.227 e. The molecule has 0 aliphatic heterocycles. The number of aliphatic hydroxyl groups is 1. The quantitative estimate of drug-likeness (QED) is 0.634. The van der Waals surface area contributed by atoms with Crippen molar-refractivity contribution in [2.75, 3.05) is 13.2 Å². The van der Waals surface area contributed by atoms with Crippen LogP contribution < -0.4 is 5.32 Å². The molecule has 0 radical (unpaired) electrons. The van der Waals surface area contributed by atoms with Crippen LogP contribution in [0.5, 0.6) is 0 Å². The third kappa shape index (κ3) is 2.87. The molecule has 0 spiro atoms. The summed E-state index contributed by atoms with van der Waals surface area (Å²) in [5.74, 6) is 0.596. The summed E-state index contributed by atoms with van der Waals surface area (Å²) in [5, 5.41) is 11.0. The number of carbonyl (C=O) groups excluding carboxylic acids is 1. The molecule has 1 aromatic rings. The average Bonchev–Trinajstić information content (AvgIpc) is 2.48. The lowest BCUT2D eigenvalue weighted by molar-refractivity contribution is -0.120. The number of hydrogen-bond acceptors (Lipinski definition) is 3. The Kier molecular flexibility index (Phi) is 3.45. The Balaban J connectivity index is 2.41. The Morgan fingerprint density at radius 2 is 2.54 bits per heavy atom. The molecular weight excluding hydrogens is 170 g/mol. The molecule has 1 aromatic heterocycles. The molecule has 0 aliphatic carbocycles. The number of amides is 1. The fourth-order valence-corrected chi connectivity index (χ4v) is 0.968. The zero-order valence-corrected chi connectivity index (χ0v) is 7.53. The number of nitrogens with zero attached hydrogens (tertiary/aromatic N) is 2. The largest absolute Gasteiger partial charge is 0.395 e. The molecule has 5 heteroatoms. The van der Waals surface area contributed by atoms with Gasteiger partial charge in [0.15, 0.2) is 0 Å². The SMILES string of the molecule is Cn1ccnc1CC(=O)NCCO. The molecule has 0 aromatic carbocycles. The van der Waals surface area contributed by atoms with Gasteiger partial charge in [-0.3, -0.25) is 4.79 Å². The van der Waals surface area contributed by atoms with Gasteiger partial charge in [0, 0.05) is 26.0 Å². The van der Waals surface area contributed by atoms with Crippen molar-refractivity contribution in [3.05, 3.63) is 18.2 Å². The minimum absolute atomic E-state index is 0.0354. The van der Waals surface area contributed by atoms with Crippen LogP contribution in [0.2, 0.25) is 0 Å². The Morgan fingerprint density at radius 3 is 3.08 bits per heavy atom. The van der Waals surface area contributed by atoms with Crippen molar-refractivity contribution in [2.24, 2.45) is 7.05 Å². The van der Waals surface area contributed by atoms with E-state index in [1.807, 2.05) is 7.05 Å². The highest BCUT2D eigenvalue weighted by Crippen LogP contribution is 1.94. The number of aryl methyl sites for hydroxylation is 1. The lowest BCUT2D eigenvalue weighted by atomic mass is 10.4. The monoisotopic (exact) mass is 183 g/mol. The second kappa shape index (κ2) is 4.61. The molecule has 0 aliphatic rings. The predicted molar refractivity (Wildman–Crippen MR) is 47.0 cm³/mol. The molecule has 1 rings (SSSR count). The van der Waals surface area contributed by atoms with Gasteiger partial charge in [-0.05, 0) is 0 Å². The summed E-state index contributed by atoms with van der Waals surface area (Å²) in [6.45, 7) is 0.259. The zero-order chi connectivity index (χ0) is 9.68. The Labute approximate surface area is 76.4 Å². The lowest BCUT2D eigenvalue weighted by Crippen LogP contribution is -2.28. The number of aromatic nitrogens is 2. The van der Waals surface area contributed by atoms with E-state index in [0.717, 1.165) is 5.82 Å². The van der Waals surface area contributed by atoms with Crippen LogP contribution in [-0.2, 0) is 18.3 Å². The van der Waals surface area contributed by atoms with Gasteiger partial charge < -0.3 is 15.0 Å². The second-order valence-corrected chi connectivity index (χ2v) is 2.70. The van der Waals surface area contributed by atoms with Gasteiger partial charge in [-0.25, -0.2) is 4.98 Å². The molecule has 0 unspecified atom stereocenters. The fraction of sp³-hybridized carbons (Fsp3) is 0.500. The van der Waals surface area contributed by atoms with E-state index in [1.165, 1.54) is 0 Å². The van der Waals surface area contributed by atoms with Crippen molar-refractivity contribution in [2.45, 2.75) is 6.42 Å². The average molecular weight is 183 g/mol. The minimum atomic E-state index is -0.122. The number of aliphatic hydroxyl groups excluding tert-OH is 1. The first-order valence-electron chi connectivity index (χ1n) is 4.08. The third-order valence-electron chi connectivity index (χ3n) is 1.67. The second-order valence-electron chi connectivity index (χ2n) is 2.70. The molecule has 0 saturated carbocycles. The molecule has 13 heavy (non-hydrogen) atoms. The van der Waals surface area contributed by atoms with Crippen molar-refractivity contribution in [3.8, 4) is 0 Å².